The van der Waals surface area contributed by atoms with Crippen LogP contribution in [0.4, 0.5) is 0 Å². The van der Waals surface area contributed by atoms with Crippen LogP contribution in [0.25, 0.3) is 0 Å². The van der Waals surface area contributed by atoms with Crippen molar-refractivity contribution >= 4 is 7.85 Å². The quantitative estimate of drug-likeness (QED) is 0.389. The maximum Gasteiger partial charge on any atom is 0.0649 e. The van der Waals surface area contributed by atoms with Gasteiger partial charge < -0.3 is 0 Å². The summed E-state index contributed by atoms with van der Waals surface area (Å²) in [5, 5.41) is 0. The summed E-state index contributed by atoms with van der Waals surface area (Å²) >= 11 is 0. The average molecular weight is 98.6 g/mol. The van der Waals surface area contributed by atoms with Gasteiger partial charge in [0, 0.05) is 16.5 Å². The van der Waals surface area contributed by atoms with Gasteiger partial charge in [-0.15, -0.1) is 0 Å². The molecule has 0 saturated heterocycles. The van der Waals surface area contributed by atoms with Gasteiger partial charge in [0.25, 0.3) is 0 Å². The van der Waals surface area contributed by atoms with E-state index in [4.69, 9.17) is 7.85 Å². The fourth-order valence-electron chi connectivity index (χ4n) is 0. The summed E-state index contributed by atoms with van der Waals surface area (Å²) in [7, 11) is 4.85. The van der Waals surface area contributed by atoms with Crippen molar-refractivity contribution < 1.29 is 16.5 Å². The molecule has 0 nitrogen and oxygen atoms in total. The van der Waals surface area contributed by atoms with Crippen LogP contribution < -0.4 is 0 Å². The van der Waals surface area contributed by atoms with Crippen molar-refractivity contribution in [3.8, 4) is 0 Å². The topological polar surface area (TPSA) is 0 Å². The molecular weight excluding hydrogens is 93.5 g/mol. The van der Waals surface area contributed by atoms with Crippen LogP contribution in [0, 0.1) is 0 Å². The maximum atomic E-state index is 4.85. The standard InChI is InChI=1S/C2H5B.Ni/c1-2-3;/h2H2,1H3;. The van der Waals surface area contributed by atoms with E-state index >= 15 is 0 Å². The summed E-state index contributed by atoms with van der Waals surface area (Å²) in [5.74, 6) is 0. The first-order chi connectivity index (χ1) is 1.41. The van der Waals surface area contributed by atoms with Crippen molar-refractivity contribution in [2.45, 2.75) is 13.2 Å². The average Bonchev–Trinajstić information content (AvgIpc) is 0.918. The van der Waals surface area contributed by atoms with Crippen LogP contribution >= 0.6 is 0 Å². The predicted octanol–water partition coefficient (Wildman–Crippen LogP) is 0.591. The molecule has 4 heavy (non-hydrogen) atoms. The molecule has 0 aromatic heterocycles. The molecule has 0 aromatic carbocycles. The summed E-state index contributed by atoms with van der Waals surface area (Å²) in [6.07, 6.45) is 0.750. The largest absolute Gasteiger partial charge is 0.0915 e. The molecule has 0 spiro atoms. The minimum Gasteiger partial charge on any atom is -0.0915 e. The number of hydrogen-bond donors (Lipinski definition) is 0. The molecule has 0 N–H and O–H groups in total. The van der Waals surface area contributed by atoms with E-state index < -0.39 is 0 Å². The SMILES string of the molecule is [B]CC.[Ni]. The van der Waals surface area contributed by atoms with Crippen LogP contribution in [0.1, 0.15) is 6.92 Å². The molecule has 0 aliphatic carbocycles. The maximum absolute atomic E-state index is 4.85. The number of hydrogen-bond acceptors (Lipinski definition) is 0. The van der Waals surface area contributed by atoms with Gasteiger partial charge in [0.05, 0.1) is 7.85 Å². The number of rotatable bonds is 0. The Bertz CT molecular complexity index is 6.00. The summed E-state index contributed by atoms with van der Waals surface area (Å²) < 4.78 is 0. The fourth-order valence-corrected chi connectivity index (χ4v) is 0. The Kier molecular flexibility index (Phi) is 21.1. The molecule has 0 aromatic rings. The van der Waals surface area contributed by atoms with Gasteiger partial charge in [0.2, 0.25) is 0 Å². The van der Waals surface area contributed by atoms with Crippen LogP contribution in [0.15, 0.2) is 0 Å². The van der Waals surface area contributed by atoms with E-state index in [9.17, 15) is 0 Å². The Balaban J connectivity index is 0. The Labute approximate surface area is 38.3 Å². The molecule has 0 amide bonds. The second-order valence-electron chi connectivity index (χ2n) is 0.408. The van der Waals surface area contributed by atoms with Crippen molar-refractivity contribution in [1.29, 1.82) is 0 Å². The van der Waals surface area contributed by atoms with E-state index in [1.54, 1.807) is 0 Å². The molecule has 0 heterocycles. The van der Waals surface area contributed by atoms with Gasteiger partial charge >= 0.3 is 0 Å². The molecule has 0 saturated carbocycles. The molecule has 2 heteroatoms. The molecule has 0 fully saturated rings. The van der Waals surface area contributed by atoms with Crippen molar-refractivity contribution in [3.05, 3.63) is 0 Å². The van der Waals surface area contributed by atoms with Crippen molar-refractivity contribution in [1.82, 2.24) is 0 Å². The first-order valence-electron chi connectivity index (χ1n) is 1.12. The first kappa shape index (κ1) is 8.82. The molecule has 26 valence electrons. The minimum absolute atomic E-state index is 0. The molecule has 0 aliphatic rings. The zero-order chi connectivity index (χ0) is 2.71. The van der Waals surface area contributed by atoms with E-state index in [1.807, 2.05) is 6.92 Å². The molecule has 0 bridgehead atoms. The summed E-state index contributed by atoms with van der Waals surface area (Å²) in [6.45, 7) is 1.90. The normalized spacial score (nSPS) is 4.25. The van der Waals surface area contributed by atoms with Gasteiger partial charge in [0.1, 0.15) is 0 Å². The molecule has 0 atom stereocenters. The first-order valence-corrected chi connectivity index (χ1v) is 1.12. The van der Waals surface area contributed by atoms with Gasteiger partial charge in [0.15, 0.2) is 0 Å². The smallest absolute Gasteiger partial charge is 0.0649 e. The van der Waals surface area contributed by atoms with E-state index in [-0.39, 0.29) is 16.5 Å². The monoisotopic (exact) mass is 98.0 g/mol. The summed E-state index contributed by atoms with van der Waals surface area (Å²) in [4.78, 5) is 0. The van der Waals surface area contributed by atoms with Gasteiger partial charge in [-0.1, -0.05) is 13.2 Å². The summed E-state index contributed by atoms with van der Waals surface area (Å²) in [6, 6.07) is 0. The van der Waals surface area contributed by atoms with Crippen LogP contribution in [0.3, 0.4) is 0 Å². The van der Waals surface area contributed by atoms with Gasteiger partial charge in [-0.05, 0) is 0 Å². The summed E-state index contributed by atoms with van der Waals surface area (Å²) in [5.41, 5.74) is 0. The van der Waals surface area contributed by atoms with Crippen LogP contribution in [0.2, 0.25) is 6.32 Å². The molecule has 2 radical (unpaired) electrons. The van der Waals surface area contributed by atoms with Gasteiger partial charge in [-0.25, -0.2) is 0 Å². The van der Waals surface area contributed by atoms with Gasteiger partial charge in [-0.2, -0.15) is 0 Å². The Morgan fingerprint density at radius 3 is 1.75 bits per heavy atom. The van der Waals surface area contributed by atoms with Crippen LogP contribution in [-0.2, 0) is 16.5 Å². The molecule has 0 aliphatic heterocycles. The van der Waals surface area contributed by atoms with E-state index in [2.05, 4.69) is 0 Å². The van der Waals surface area contributed by atoms with Crippen molar-refractivity contribution in [2.24, 2.45) is 0 Å². The zero-order valence-corrected chi connectivity index (χ0v) is 3.59. The Morgan fingerprint density at radius 1 is 1.75 bits per heavy atom. The van der Waals surface area contributed by atoms with Crippen LogP contribution in [-0.4, -0.2) is 7.85 Å². The van der Waals surface area contributed by atoms with Crippen molar-refractivity contribution in [3.63, 3.8) is 0 Å². The molecule has 0 rings (SSSR count). The fraction of sp³-hybridized carbons (Fsp3) is 1.00. The van der Waals surface area contributed by atoms with Crippen LogP contribution in [0.5, 0.6) is 0 Å². The third-order valence-corrected chi connectivity index (χ3v) is 0. The minimum atomic E-state index is 0. The van der Waals surface area contributed by atoms with Gasteiger partial charge in [-0.3, -0.25) is 0 Å². The zero-order valence-electron chi connectivity index (χ0n) is 2.60. The molecular formula is C2H5BNi. The van der Waals surface area contributed by atoms with E-state index in [0.29, 0.717) is 0 Å². The predicted molar refractivity (Wildman–Crippen MR) is 16.2 cm³/mol. The third-order valence-electron chi connectivity index (χ3n) is 0. The van der Waals surface area contributed by atoms with E-state index in [1.165, 1.54) is 0 Å². The second-order valence-corrected chi connectivity index (χ2v) is 0.408. The second kappa shape index (κ2) is 9.59. The molecule has 0 unspecified atom stereocenters. The third kappa shape index (κ3) is 19.9. The van der Waals surface area contributed by atoms with Crippen molar-refractivity contribution in [2.75, 3.05) is 0 Å². The van der Waals surface area contributed by atoms with E-state index in [0.717, 1.165) is 6.32 Å². The Morgan fingerprint density at radius 2 is 1.75 bits per heavy atom. The Hall–Kier alpha value is 0.558.